The topological polar surface area (TPSA) is 45.4 Å². The zero-order valence-corrected chi connectivity index (χ0v) is 16.1. The van der Waals surface area contributed by atoms with Gasteiger partial charge < -0.3 is 4.74 Å². The van der Waals surface area contributed by atoms with E-state index < -0.39 is 0 Å². The van der Waals surface area contributed by atoms with Gasteiger partial charge in [-0.25, -0.2) is 4.99 Å². The Hall–Kier alpha value is -2.12. The molecule has 0 amide bonds. The fourth-order valence-electron chi connectivity index (χ4n) is 3.37. The summed E-state index contributed by atoms with van der Waals surface area (Å²) in [5.74, 6) is 1.48. The van der Waals surface area contributed by atoms with Crippen molar-refractivity contribution in [3.05, 3.63) is 45.8 Å². The third-order valence-corrected chi connectivity index (χ3v) is 6.17. The van der Waals surface area contributed by atoms with Gasteiger partial charge in [-0.05, 0) is 53.9 Å². The lowest BCUT2D eigenvalue weighted by atomic mass is 9.72. The van der Waals surface area contributed by atoms with Crippen LogP contribution in [0.5, 0.6) is 5.75 Å². The Balaban J connectivity index is 1.89. The Bertz CT molecular complexity index is 837. The Morgan fingerprint density at radius 2 is 2.16 bits per heavy atom. The maximum absolute atomic E-state index is 9.63. The van der Waals surface area contributed by atoms with Crippen LogP contribution >= 0.6 is 11.3 Å². The van der Waals surface area contributed by atoms with Gasteiger partial charge in [-0.2, -0.15) is 5.26 Å². The van der Waals surface area contributed by atoms with E-state index in [0.717, 1.165) is 41.1 Å². The van der Waals surface area contributed by atoms with E-state index in [1.54, 1.807) is 18.4 Å². The smallest absolute Gasteiger partial charge is 0.134 e. The molecule has 1 aromatic heterocycles. The Morgan fingerprint density at radius 1 is 1.36 bits per heavy atom. The van der Waals surface area contributed by atoms with Crippen molar-refractivity contribution in [1.82, 2.24) is 0 Å². The molecule has 0 bridgehead atoms. The fraction of sp³-hybridized carbons (Fsp3) is 0.429. The molecule has 0 aliphatic heterocycles. The fourth-order valence-corrected chi connectivity index (χ4v) is 4.59. The molecule has 3 nitrogen and oxygen atoms in total. The van der Waals surface area contributed by atoms with Crippen molar-refractivity contribution in [3.8, 4) is 11.8 Å². The van der Waals surface area contributed by atoms with Crippen LogP contribution in [0.2, 0.25) is 0 Å². The summed E-state index contributed by atoms with van der Waals surface area (Å²) in [6, 6.07) is 10.2. The molecule has 2 aromatic rings. The number of thiophene rings is 1. The van der Waals surface area contributed by atoms with Crippen LogP contribution in [0.3, 0.4) is 0 Å². The standard InChI is InChI=1S/C21H24N2OS/c1-21(2,3)15-8-9-17-18(12-22)20(25-19(17)11-15)23-13-14-6-5-7-16(10-14)24-4/h5-7,10,13,15H,8-9,11H2,1-4H3/t15-/m0/s1. The lowest BCUT2D eigenvalue weighted by Gasteiger charge is -2.33. The van der Waals surface area contributed by atoms with Crippen molar-refractivity contribution in [1.29, 1.82) is 5.26 Å². The third kappa shape index (κ3) is 3.77. The highest BCUT2D eigenvalue weighted by Gasteiger charge is 2.32. The summed E-state index contributed by atoms with van der Waals surface area (Å²) >= 11 is 1.68. The van der Waals surface area contributed by atoms with Crippen LogP contribution in [-0.2, 0) is 12.8 Å². The molecule has 0 spiro atoms. The molecule has 1 aliphatic carbocycles. The van der Waals surface area contributed by atoms with Crippen LogP contribution in [0.15, 0.2) is 29.3 Å². The molecule has 1 aliphatic rings. The van der Waals surface area contributed by atoms with Gasteiger partial charge in [-0.15, -0.1) is 11.3 Å². The molecule has 0 saturated carbocycles. The normalized spacial score (nSPS) is 17.3. The third-order valence-electron chi connectivity index (χ3n) is 5.01. The summed E-state index contributed by atoms with van der Waals surface area (Å²) < 4.78 is 5.25. The van der Waals surface area contributed by atoms with E-state index in [-0.39, 0.29) is 0 Å². The second kappa shape index (κ2) is 7.01. The first-order chi connectivity index (χ1) is 11.9. The second-order valence-electron chi connectivity index (χ2n) is 7.64. The first-order valence-corrected chi connectivity index (χ1v) is 9.46. The summed E-state index contributed by atoms with van der Waals surface area (Å²) in [7, 11) is 1.66. The van der Waals surface area contributed by atoms with Crippen molar-refractivity contribution < 1.29 is 4.74 Å². The number of ether oxygens (including phenoxy) is 1. The van der Waals surface area contributed by atoms with Crippen LogP contribution in [0, 0.1) is 22.7 Å². The molecule has 1 aromatic carbocycles. The summed E-state index contributed by atoms with van der Waals surface area (Å²) in [4.78, 5) is 5.98. The monoisotopic (exact) mass is 352 g/mol. The van der Waals surface area contributed by atoms with Gasteiger partial charge in [0.15, 0.2) is 0 Å². The molecule has 25 heavy (non-hydrogen) atoms. The van der Waals surface area contributed by atoms with Crippen LogP contribution < -0.4 is 4.74 Å². The Morgan fingerprint density at radius 3 is 2.84 bits per heavy atom. The van der Waals surface area contributed by atoms with Gasteiger partial charge in [0, 0.05) is 11.1 Å². The quantitative estimate of drug-likeness (QED) is 0.682. The van der Waals surface area contributed by atoms with Gasteiger partial charge in [0.1, 0.15) is 16.8 Å². The number of hydrogen-bond donors (Lipinski definition) is 0. The zero-order valence-electron chi connectivity index (χ0n) is 15.3. The van der Waals surface area contributed by atoms with E-state index >= 15 is 0 Å². The van der Waals surface area contributed by atoms with E-state index in [9.17, 15) is 5.26 Å². The summed E-state index contributed by atoms with van der Waals surface area (Å²) in [6.45, 7) is 6.93. The predicted molar refractivity (Wildman–Crippen MR) is 104 cm³/mol. The number of methoxy groups -OCH3 is 1. The van der Waals surface area contributed by atoms with E-state index in [0.29, 0.717) is 11.3 Å². The largest absolute Gasteiger partial charge is 0.497 e. The van der Waals surface area contributed by atoms with Gasteiger partial charge in [0.25, 0.3) is 0 Å². The van der Waals surface area contributed by atoms with Gasteiger partial charge in [-0.3, -0.25) is 0 Å². The van der Waals surface area contributed by atoms with Gasteiger partial charge in [-0.1, -0.05) is 32.9 Å². The average Bonchev–Trinajstić information content (AvgIpc) is 2.96. The summed E-state index contributed by atoms with van der Waals surface area (Å²) in [5, 5.41) is 10.5. The van der Waals surface area contributed by atoms with E-state index in [1.807, 2.05) is 30.5 Å². The number of nitriles is 1. The second-order valence-corrected chi connectivity index (χ2v) is 8.72. The maximum atomic E-state index is 9.63. The van der Waals surface area contributed by atoms with E-state index in [2.05, 4.69) is 31.8 Å². The Labute approximate surface area is 154 Å². The number of benzene rings is 1. The minimum Gasteiger partial charge on any atom is -0.497 e. The number of hydrogen-bond acceptors (Lipinski definition) is 4. The highest BCUT2D eigenvalue weighted by atomic mass is 32.1. The zero-order chi connectivity index (χ0) is 18.0. The molecular weight excluding hydrogens is 328 g/mol. The van der Waals surface area contributed by atoms with Crippen LogP contribution in [-0.4, -0.2) is 13.3 Å². The molecule has 4 heteroatoms. The van der Waals surface area contributed by atoms with Crippen molar-refractivity contribution >= 4 is 22.6 Å². The van der Waals surface area contributed by atoms with E-state index in [4.69, 9.17) is 4.74 Å². The molecule has 0 fully saturated rings. The lowest BCUT2D eigenvalue weighted by molar-refractivity contribution is 0.218. The maximum Gasteiger partial charge on any atom is 0.134 e. The highest BCUT2D eigenvalue weighted by molar-refractivity contribution is 7.16. The van der Waals surface area contributed by atoms with Crippen LogP contribution in [0.1, 0.15) is 48.8 Å². The first-order valence-electron chi connectivity index (χ1n) is 8.65. The summed E-state index contributed by atoms with van der Waals surface area (Å²) in [6.07, 6.45) is 5.03. The number of rotatable bonds is 3. The van der Waals surface area contributed by atoms with Crippen molar-refractivity contribution in [3.63, 3.8) is 0 Å². The van der Waals surface area contributed by atoms with Gasteiger partial charge in [0.05, 0.1) is 12.7 Å². The first kappa shape index (κ1) is 17.7. The van der Waals surface area contributed by atoms with Crippen LogP contribution in [0.25, 0.3) is 0 Å². The minimum atomic E-state index is 0.304. The van der Waals surface area contributed by atoms with Crippen LogP contribution in [0.4, 0.5) is 5.00 Å². The average molecular weight is 353 g/mol. The molecular formula is C21H24N2OS. The molecule has 0 saturated heterocycles. The number of nitrogens with zero attached hydrogens (tertiary/aromatic N) is 2. The van der Waals surface area contributed by atoms with Gasteiger partial charge in [0.2, 0.25) is 0 Å². The number of aliphatic imine (C=N–C) groups is 1. The predicted octanol–water partition coefficient (Wildman–Crippen LogP) is 5.53. The lowest BCUT2D eigenvalue weighted by Crippen LogP contribution is -2.26. The van der Waals surface area contributed by atoms with Crippen molar-refractivity contribution in [2.45, 2.75) is 40.0 Å². The number of fused-ring (bicyclic) bond motifs is 1. The van der Waals surface area contributed by atoms with Crippen molar-refractivity contribution in [2.75, 3.05) is 7.11 Å². The SMILES string of the molecule is COc1cccc(C=Nc2sc3c(c2C#N)CC[C@H](C(C)(C)C)C3)c1. The molecule has 130 valence electrons. The highest BCUT2D eigenvalue weighted by Crippen LogP contribution is 2.44. The summed E-state index contributed by atoms with van der Waals surface area (Å²) in [5.41, 5.74) is 3.28. The Kier molecular flexibility index (Phi) is 4.96. The molecule has 0 radical (unpaired) electrons. The van der Waals surface area contributed by atoms with E-state index in [1.165, 1.54) is 10.4 Å². The molecule has 3 rings (SSSR count). The van der Waals surface area contributed by atoms with Gasteiger partial charge >= 0.3 is 0 Å². The van der Waals surface area contributed by atoms with Crippen molar-refractivity contribution in [2.24, 2.45) is 16.3 Å². The molecule has 1 atom stereocenters. The molecule has 0 N–H and O–H groups in total. The minimum absolute atomic E-state index is 0.304. The molecule has 0 unspecified atom stereocenters. The molecule has 1 heterocycles.